The smallest absolute Gasteiger partial charge is 0.107 e. The van der Waals surface area contributed by atoms with Crippen LogP contribution in [0.15, 0.2) is 11.6 Å². The molecule has 1 nitrogen and oxygen atoms in total. The van der Waals surface area contributed by atoms with Gasteiger partial charge in [0, 0.05) is 13.3 Å². The number of hydrogen-bond acceptors (Lipinski definition) is 0. The number of hydrogen-bond donors (Lipinski definition) is 0. The van der Waals surface area contributed by atoms with E-state index in [9.17, 15) is 0 Å². The molecule has 0 aliphatic carbocycles. The number of allylic oxidation sites excluding steroid dienone is 2. The van der Waals surface area contributed by atoms with Gasteiger partial charge >= 0.3 is 0 Å². The lowest BCUT2D eigenvalue weighted by Gasteiger charge is -2.20. The van der Waals surface area contributed by atoms with Crippen LogP contribution in [0.4, 0.5) is 0 Å². The lowest BCUT2D eigenvalue weighted by molar-refractivity contribution is 0.367. The first kappa shape index (κ1) is 13.3. The summed E-state index contributed by atoms with van der Waals surface area (Å²) in [7, 11) is 0. The van der Waals surface area contributed by atoms with Crippen molar-refractivity contribution in [1.29, 1.82) is 0 Å². The molecule has 0 spiro atoms. The van der Waals surface area contributed by atoms with Crippen molar-refractivity contribution in [2.45, 2.75) is 59.8 Å². The molecule has 0 amide bonds. The van der Waals surface area contributed by atoms with E-state index in [2.05, 4.69) is 38.4 Å². The summed E-state index contributed by atoms with van der Waals surface area (Å²) in [5.41, 5.74) is 2.93. The first-order chi connectivity index (χ1) is 7.63. The molecule has 0 aromatic heterocycles. The van der Waals surface area contributed by atoms with Gasteiger partial charge in [-0.15, -0.1) is 4.67 Å². The van der Waals surface area contributed by atoms with Crippen LogP contribution >= 0.6 is 0 Å². The molecular weight excluding hydrogens is 194 g/mol. The van der Waals surface area contributed by atoms with E-state index in [0.29, 0.717) is 0 Å². The SMILES string of the molecule is CCC(CC1=CCC=[N+]=C(C)CC1)C(C)C. The molecule has 1 heteroatoms. The Morgan fingerprint density at radius 3 is 2.69 bits per heavy atom. The predicted molar refractivity (Wildman–Crippen MR) is 74.0 cm³/mol. The Balaban J connectivity index is 2.58. The Kier molecular flexibility index (Phi) is 5.55. The summed E-state index contributed by atoms with van der Waals surface area (Å²) in [6.07, 6.45) is 10.4. The van der Waals surface area contributed by atoms with Crippen molar-refractivity contribution in [1.82, 2.24) is 4.67 Å². The third-order valence-corrected chi connectivity index (χ3v) is 3.62. The quantitative estimate of drug-likeness (QED) is 0.506. The zero-order valence-electron chi connectivity index (χ0n) is 11.3. The van der Waals surface area contributed by atoms with E-state index in [1.54, 1.807) is 5.57 Å². The average Bonchev–Trinajstić information content (AvgIpc) is 2.23. The molecule has 16 heavy (non-hydrogen) atoms. The van der Waals surface area contributed by atoms with Gasteiger partial charge in [0.15, 0.2) is 0 Å². The monoisotopic (exact) mass is 220 g/mol. The maximum Gasteiger partial charge on any atom is 0.277 e. The minimum Gasteiger partial charge on any atom is -0.107 e. The molecule has 0 saturated heterocycles. The zero-order chi connectivity index (χ0) is 12.0. The summed E-state index contributed by atoms with van der Waals surface area (Å²) in [4.78, 5) is 0. The van der Waals surface area contributed by atoms with Gasteiger partial charge < -0.3 is 0 Å². The zero-order valence-corrected chi connectivity index (χ0v) is 11.3. The maximum atomic E-state index is 4.40. The summed E-state index contributed by atoms with van der Waals surface area (Å²) in [6, 6.07) is 0. The Bertz CT molecular complexity index is 303. The van der Waals surface area contributed by atoms with Crippen LogP contribution in [0.3, 0.4) is 0 Å². The van der Waals surface area contributed by atoms with Crippen LogP contribution in [0.25, 0.3) is 0 Å². The highest BCUT2D eigenvalue weighted by Gasteiger charge is 2.15. The van der Waals surface area contributed by atoms with E-state index in [1.807, 2.05) is 6.21 Å². The molecule has 1 atom stereocenters. The van der Waals surface area contributed by atoms with Gasteiger partial charge in [-0.05, 0) is 24.7 Å². The third-order valence-electron chi connectivity index (χ3n) is 3.62. The fourth-order valence-corrected chi connectivity index (χ4v) is 2.31. The largest absolute Gasteiger partial charge is 0.277 e. The lowest BCUT2D eigenvalue weighted by atomic mass is 9.85. The molecular formula is C15H26N+. The highest BCUT2D eigenvalue weighted by Crippen LogP contribution is 2.26. The van der Waals surface area contributed by atoms with Crippen molar-refractivity contribution >= 4 is 11.9 Å². The Morgan fingerprint density at radius 2 is 2.06 bits per heavy atom. The maximum absolute atomic E-state index is 4.40. The number of rotatable bonds is 4. The molecule has 1 aliphatic heterocycles. The van der Waals surface area contributed by atoms with Gasteiger partial charge in [-0.3, -0.25) is 0 Å². The van der Waals surface area contributed by atoms with Crippen molar-refractivity contribution in [3.8, 4) is 0 Å². The van der Waals surface area contributed by atoms with Gasteiger partial charge in [0.2, 0.25) is 0 Å². The molecule has 0 fully saturated rings. The van der Waals surface area contributed by atoms with Crippen molar-refractivity contribution in [2.24, 2.45) is 11.8 Å². The van der Waals surface area contributed by atoms with Crippen LogP contribution < -0.4 is 4.67 Å². The summed E-state index contributed by atoms with van der Waals surface area (Å²) in [6.45, 7) is 9.14. The topological polar surface area (TPSA) is 14.1 Å². The first-order valence-electron chi connectivity index (χ1n) is 6.66. The van der Waals surface area contributed by atoms with E-state index in [1.165, 1.54) is 25.0 Å². The fourth-order valence-electron chi connectivity index (χ4n) is 2.31. The minimum atomic E-state index is 0.801. The van der Waals surface area contributed by atoms with Crippen LogP contribution in [0.2, 0.25) is 0 Å². The second-order valence-corrected chi connectivity index (χ2v) is 5.26. The normalized spacial score (nSPS) is 18.8. The molecule has 0 N–H and O–H groups in total. The molecule has 0 saturated carbocycles. The van der Waals surface area contributed by atoms with E-state index in [0.717, 1.165) is 24.7 Å². The summed E-state index contributed by atoms with van der Waals surface area (Å²) in [5.74, 6) is 1.65. The molecule has 0 aromatic rings. The summed E-state index contributed by atoms with van der Waals surface area (Å²) >= 11 is 0. The second kappa shape index (κ2) is 6.70. The second-order valence-electron chi connectivity index (χ2n) is 5.26. The average molecular weight is 220 g/mol. The highest BCUT2D eigenvalue weighted by atomic mass is 14.6. The van der Waals surface area contributed by atoms with E-state index >= 15 is 0 Å². The van der Waals surface area contributed by atoms with E-state index in [4.69, 9.17) is 0 Å². The lowest BCUT2D eigenvalue weighted by Crippen LogP contribution is -2.10. The molecule has 1 rings (SSSR count). The van der Waals surface area contributed by atoms with Crippen molar-refractivity contribution in [3.63, 3.8) is 0 Å². The Morgan fingerprint density at radius 1 is 1.31 bits per heavy atom. The predicted octanol–water partition coefficient (Wildman–Crippen LogP) is 3.77. The van der Waals surface area contributed by atoms with Gasteiger partial charge in [-0.25, -0.2) is 0 Å². The molecule has 90 valence electrons. The van der Waals surface area contributed by atoms with Crippen LogP contribution in [0, 0.1) is 11.8 Å². The van der Waals surface area contributed by atoms with Crippen molar-refractivity contribution in [3.05, 3.63) is 11.6 Å². The molecule has 1 unspecified atom stereocenters. The third kappa shape index (κ3) is 4.37. The molecule has 0 aromatic carbocycles. The molecule has 0 bridgehead atoms. The van der Waals surface area contributed by atoms with Crippen LogP contribution in [0.1, 0.15) is 59.8 Å². The van der Waals surface area contributed by atoms with Gasteiger partial charge in [-0.1, -0.05) is 38.8 Å². The summed E-state index contributed by atoms with van der Waals surface area (Å²) < 4.78 is 4.40. The van der Waals surface area contributed by atoms with Crippen LogP contribution in [-0.4, -0.2) is 11.9 Å². The molecule has 1 aliphatic rings. The standard InChI is InChI=1S/C15H26N/c1-5-15(12(2)3)11-14-7-6-10-16-13(4)8-9-14/h7,10,12,15H,5-6,8-9,11H2,1-4H3/q+1. The number of nitrogens with zero attached hydrogens (tertiary/aromatic N) is 1. The summed E-state index contributed by atoms with van der Waals surface area (Å²) in [5, 5.41) is 0. The first-order valence-corrected chi connectivity index (χ1v) is 6.66. The molecule has 1 heterocycles. The van der Waals surface area contributed by atoms with Crippen molar-refractivity contribution in [2.75, 3.05) is 0 Å². The van der Waals surface area contributed by atoms with Crippen LogP contribution in [-0.2, 0) is 0 Å². The molecule has 0 radical (unpaired) electrons. The van der Waals surface area contributed by atoms with Gasteiger partial charge in [0.25, 0.3) is 11.9 Å². The Hall–Kier alpha value is -0.810. The van der Waals surface area contributed by atoms with Crippen LogP contribution in [0.5, 0.6) is 0 Å². The van der Waals surface area contributed by atoms with E-state index in [-0.39, 0.29) is 0 Å². The minimum absolute atomic E-state index is 0.801. The van der Waals surface area contributed by atoms with Gasteiger partial charge in [0.05, 0.1) is 6.42 Å². The van der Waals surface area contributed by atoms with Crippen molar-refractivity contribution < 1.29 is 0 Å². The van der Waals surface area contributed by atoms with Gasteiger partial charge in [-0.2, -0.15) is 0 Å². The van der Waals surface area contributed by atoms with Gasteiger partial charge in [0.1, 0.15) is 0 Å². The Labute approximate surface area is 100 Å². The highest BCUT2D eigenvalue weighted by molar-refractivity contribution is 5.84. The fraction of sp³-hybridized carbons (Fsp3) is 0.733. The van der Waals surface area contributed by atoms with E-state index < -0.39 is 0 Å².